The van der Waals surface area contributed by atoms with Crippen molar-refractivity contribution in [3.05, 3.63) is 99.5 Å². The van der Waals surface area contributed by atoms with E-state index in [9.17, 15) is 4.79 Å². The lowest BCUT2D eigenvalue weighted by Gasteiger charge is -2.09. The fourth-order valence-corrected chi connectivity index (χ4v) is 3.43. The Morgan fingerprint density at radius 2 is 1.27 bits per heavy atom. The van der Waals surface area contributed by atoms with Gasteiger partial charge < -0.3 is 4.42 Å². The molecule has 5 heteroatoms. The molecule has 0 atom stereocenters. The summed E-state index contributed by atoms with van der Waals surface area (Å²) in [6, 6.07) is 24.1. The van der Waals surface area contributed by atoms with Crippen LogP contribution in [0.25, 0.3) is 28.3 Å². The molecule has 0 aliphatic rings. The van der Waals surface area contributed by atoms with Gasteiger partial charge in [-0.25, -0.2) is 9.36 Å². The topological polar surface area (TPSA) is 35.1 Å². The van der Waals surface area contributed by atoms with Crippen molar-refractivity contribution in [2.75, 3.05) is 0 Å². The summed E-state index contributed by atoms with van der Waals surface area (Å²) in [5.41, 5.74) is 2.88. The zero-order valence-corrected chi connectivity index (χ0v) is 15.0. The second-order valence-electron chi connectivity index (χ2n) is 5.74. The van der Waals surface area contributed by atoms with Crippen LogP contribution in [0, 0.1) is 0 Å². The van der Waals surface area contributed by atoms with Crippen LogP contribution >= 0.6 is 23.2 Å². The van der Waals surface area contributed by atoms with Gasteiger partial charge in [-0.1, -0.05) is 83.9 Å². The summed E-state index contributed by atoms with van der Waals surface area (Å²) in [6.45, 7) is 0. The molecule has 3 nitrogen and oxygen atoms in total. The predicted octanol–water partition coefficient (Wildman–Crippen LogP) is 6.07. The maximum atomic E-state index is 12.7. The minimum Gasteiger partial charge on any atom is -0.407 e. The molecule has 0 amide bonds. The molecule has 128 valence electrons. The molecule has 0 spiro atoms. The van der Waals surface area contributed by atoms with E-state index in [1.807, 2.05) is 60.7 Å². The van der Waals surface area contributed by atoms with Crippen LogP contribution in [0.15, 0.2) is 88.1 Å². The molecule has 0 bridgehead atoms. The fraction of sp³-hybridized carbons (Fsp3) is 0. The van der Waals surface area contributed by atoms with Crippen LogP contribution in [0.4, 0.5) is 0 Å². The van der Waals surface area contributed by atoms with Crippen molar-refractivity contribution in [2.24, 2.45) is 0 Å². The van der Waals surface area contributed by atoms with Crippen molar-refractivity contribution >= 4 is 23.2 Å². The Morgan fingerprint density at radius 1 is 0.731 bits per heavy atom. The summed E-state index contributed by atoms with van der Waals surface area (Å²) in [5.74, 6) is -0.000984. The van der Waals surface area contributed by atoms with E-state index in [4.69, 9.17) is 27.6 Å². The zero-order chi connectivity index (χ0) is 18.1. The molecule has 4 rings (SSSR count). The van der Waals surface area contributed by atoms with Crippen LogP contribution in [-0.4, -0.2) is 4.57 Å². The van der Waals surface area contributed by atoms with Crippen LogP contribution in [-0.2, 0) is 0 Å². The molecule has 0 fully saturated rings. The second-order valence-corrected chi connectivity index (χ2v) is 6.61. The highest BCUT2D eigenvalue weighted by Crippen LogP contribution is 2.34. The number of oxazole rings is 1. The minimum atomic E-state index is -0.499. The molecule has 4 aromatic rings. The van der Waals surface area contributed by atoms with Gasteiger partial charge in [0.15, 0.2) is 5.76 Å². The number of benzene rings is 3. The Hall–Kier alpha value is -2.75. The molecule has 0 unspecified atom stereocenters. The normalized spacial score (nSPS) is 10.8. The van der Waals surface area contributed by atoms with Crippen molar-refractivity contribution in [1.29, 1.82) is 0 Å². The highest BCUT2D eigenvalue weighted by molar-refractivity contribution is 6.34. The largest absolute Gasteiger partial charge is 0.424 e. The van der Waals surface area contributed by atoms with Crippen LogP contribution in [0.1, 0.15) is 0 Å². The van der Waals surface area contributed by atoms with Gasteiger partial charge in [-0.05, 0) is 18.2 Å². The standard InChI is InChI=1S/C21H13Cl2NO2/c22-16-11-17(23)13-18(12-16)24-19(14-7-3-1-4-8-14)20(26-21(24)25)15-9-5-2-6-10-15/h1-13H. The third-order valence-corrected chi connectivity index (χ3v) is 4.44. The summed E-state index contributed by atoms with van der Waals surface area (Å²) in [7, 11) is 0. The van der Waals surface area contributed by atoms with Crippen molar-refractivity contribution in [2.45, 2.75) is 0 Å². The monoisotopic (exact) mass is 381 g/mol. The average molecular weight is 382 g/mol. The van der Waals surface area contributed by atoms with Crippen molar-refractivity contribution in [3.8, 4) is 28.3 Å². The van der Waals surface area contributed by atoms with Gasteiger partial charge in [-0.15, -0.1) is 0 Å². The van der Waals surface area contributed by atoms with E-state index in [-0.39, 0.29) is 0 Å². The Labute approximate surface area is 160 Å². The molecular formula is C21H13Cl2NO2. The molecule has 0 aliphatic carbocycles. The van der Waals surface area contributed by atoms with Gasteiger partial charge in [-0.2, -0.15) is 0 Å². The molecule has 1 heterocycles. The lowest BCUT2D eigenvalue weighted by atomic mass is 10.1. The number of rotatable bonds is 3. The van der Waals surface area contributed by atoms with E-state index in [0.717, 1.165) is 11.1 Å². The summed E-state index contributed by atoms with van der Waals surface area (Å²) < 4.78 is 7.14. The number of nitrogens with zero attached hydrogens (tertiary/aromatic N) is 1. The smallest absolute Gasteiger partial charge is 0.407 e. The quantitative estimate of drug-likeness (QED) is 0.431. The third kappa shape index (κ3) is 3.07. The van der Waals surface area contributed by atoms with Crippen molar-refractivity contribution in [1.82, 2.24) is 4.57 Å². The number of aromatic nitrogens is 1. The summed E-state index contributed by atoms with van der Waals surface area (Å²) in [6.07, 6.45) is 0. The molecule has 26 heavy (non-hydrogen) atoms. The van der Waals surface area contributed by atoms with Gasteiger partial charge in [0.25, 0.3) is 0 Å². The van der Waals surface area contributed by atoms with E-state index in [1.54, 1.807) is 18.2 Å². The molecular weight excluding hydrogens is 369 g/mol. The van der Waals surface area contributed by atoms with Crippen LogP contribution in [0.3, 0.4) is 0 Å². The maximum Gasteiger partial charge on any atom is 0.424 e. The van der Waals surface area contributed by atoms with Crippen LogP contribution < -0.4 is 5.76 Å². The van der Waals surface area contributed by atoms with E-state index in [0.29, 0.717) is 27.2 Å². The first-order valence-corrected chi connectivity index (χ1v) is 8.72. The minimum absolute atomic E-state index is 0.445. The maximum absolute atomic E-state index is 12.7. The summed E-state index contributed by atoms with van der Waals surface area (Å²) in [4.78, 5) is 12.7. The summed E-state index contributed by atoms with van der Waals surface area (Å²) >= 11 is 12.3. The Bertz CT molecular complexity index is 1100. The van der Waals surface area contributed by atoms with Crippen molar-refractivity contribution in [3.63, 3.8) is 0 Å². The van der Waals surface area contributed by atoms with Gasteiger partial charge >= 0.3 is 5.76 Å². The molecule has 0 saturated carbocycles. The van der Waals surface area contributed by atoms with E-state index < -0.39 is 5.76 Å². The first-order chi connectivity index (χ1) is 12.6. The van der Waals surface area contributed by atoms with E-state index in [2.05, 4.69) is 0 Å². The van der Waals surface area contributed by atoms with Crippen LogP contribution in [0.2, 0.25) is 10.0 Å². The van der Waals surface area contributed by atoms with Crippen LogP contribution in [0.5, 0.6) is 0 Å². The number of hydrogen-bond acceptors (Lipinski definition) is 2. The molecule has 0 N–H and O–H groups in total. The molecule has 0 aliphatic heterocycles. The SMILES string of the molecule is O=c1oc(-c2ccccc2)c(-c2ccccc2)n1-c1cc(Cl)cc(Cl)c1. The van der Waals surface area contributed by atoms with E-state index >= 15 is 0 Å². The lowest BCUT2D eigenvalue weighted by molar-refractivity contribution is 0.516. The molecule has 0 saturated heterocycles. The van der Waals surface area contributed by atoms with E-state index in [1.165, 1.54) is 4.57 Å². The molecule has 3 aromatic carbocycles. The number of halogens is 2. The Morgan fingerprint density at radius 3 is 1.85 bits per heavy atom. The van der Waals surface area contributed by atoms with Crippen molar-refractivity contribution < 1.29 is 4.42 Å². The van der Waals surface area contributed by atoms with Gasteiger partial charge in [0.1, 0.15) is 5.69 Å². The van der Waals surface area contributed by atoms with Gasteiger partial charge in [0, 0.05) is 21.2 Å². The lowest BCUT2D eigenvalue weighted by Crippen LogP contribution is -2.13. The second kappa shape index (κ2) is 6.87. The molecule has 0 radical (unpaired) electrons. The average Bonchev–Trinajstić information content (AvgIpc) is 2.99. The first kappa shape index (κ1) is 16.7. The highest BCUT2D eigenvalue weighted by Gasteiger charge is 2.21. The van der Waals surface area contributed by atoms with Gasteiger partial charge in [0.2, 0.25) is 0 Å². The van der Waals surface area contributed by atoms with Gasteiger partial charge in [-0.3, -0.25) is 0 Å². The zero-order valence-electron chi connectivity index (χ0n) is 13.5. The predicted molar refractivity (Wildman–Crippen MR) is 105 cm³/mol. The first-order valence-electron chi connectivity index (χ1n) is 7.96. The third-order valence-electron chi connectivity index (χ3n) is 4.00. The fourth-order valence-electron chi connectivity index (χ4n) is 2.92. The summed E-state index contributed by atoms with van der Waals surface area (Å²) in [5, 5.41) is 0.891. The molecule has 1 aromatic heterocycles. The Kier molecular flexibility index (Phi) is 4.41. The number of hydrogen-bond donors (Lipinski definition) is 0. The highest BCUT2D eigenvalue weighted by atomic mass is 35.5. The Balaban J connectivity index is 2.06. The van der Waals surface area contributed by atoms with Gasteiger partial charge in [0.05, 0.1) is 5.69 Å².